The van der Waals surface area contributed by atoms with Crippen LogP contribution in [0.15, 0.2) is 6.07 Å². The molecule has 1 aliphatic carbocycles. The molecule has 0 spiro atoms. The number of imide groups is 1. The fraction of sp³-hybridized carbons (Fsp3) is 0.562. The Bertz CT molecular complexity index is 660. The van der Waals surface area contributed by atoms with Crippen molar-refractivity contribution in [2.75, 3.05) is 6.54 Å². The molecule has 2 unspecified atom stereocenters. The van der Waals surface area contributed by atoms with Crippen LogP contribution < -0.4 is 0 Å². The summed E-state index contributed by atoms with van der Waals surface area (Å²) in [6.07, 6.45) is 0. The van der Waals surface area contributed by atoms with Crippen molar-refractivity contribution < 1.29 is 14.4 Å². The van der Waals surface area contributed by atoms with Gasteiger partial charge in [-0.15, -0.1) is 0 Å². The molecule has 1 saturated carbocycles. The Morgan fingerprint density at radius 3 is 2.14 bits per heavy atom. The largest absolute Gasteiger partial charge is 0.351 e. The minimum absolute atomic E-state index is 0.134. The number of aromatic nitrogens is 1. The Kier molecular flexibility index (Phi) is 2.71. The predicted octanol–water partition coefficient (Wildman–Crippen LogP) is 1.47. The van der Waals surface area contributed by atoms with Crippen LogP contribution in [-0.4, -0.2) is 33.6 Å². The molecule has 5 heteroatoms. The fourth-order valence-electron chi connectivity index (χ4n) is 3.53. The second-order valence-corrected chi connectivity index (χ2v) is 6.81. The number of fused-ring (bicyclic) bond motifs is 1. The second kappa shape index (κ2) is 4.06. The summed E-state index contributed by atoms with van der Waals surface area (Å²) in [6, 6.07) is 1.81. The molecular weight excluding hydrogens is 268 g/mol. The lowest BCUT2D eigenvalue weighted by Crippen LogP contribution is -2.39. The molecule has 2 heterocycles. The van der Waals surface area contributed by atoms with Gasteiger partial charge in [0.1, 0.15) is 0 Å². The maximum atomic E-state index is 12.4. The van der Waals surface area contributed by atoms with E-state index in [2.05, 4.69) is 0 Å². The van der Waals surface area contributed by atoms with Crippen LogP contribution in [0.3, 0.4) is 0 Å². The summed E-state index contributed by atoms with van der Waals surface area (Å²) in [5, 5.41) is 0. The molecule has 2 amide bonds. The zero-order valence-electron chi connectivity index (χ0n) is 13.1. The van der Waals surface area contributed by atoms with E-state index >= 15 is 0 Å². The predicted molar refractivity (Wildman–Crippen MR) is 76.7 cm³/mol. The van der Waals surface area contributed by atoms with E-state index in [9.17, 15) is 14.4 Å². The van der Waals surface area contributed by atoms with Gasteiger partial charge in [0.15, 0.2) is 5.78 Å². The van der Waals surface area contributed by atoms with Crippen LogP contribution in [0.5, 0.6) is 0 Å². The lowest BCUT2D eigenvalue weighted by Gasteiger charge is -2.19. The molecule has 1 aliphatic heterocycles. The highest BCUT2D eigenvalue weighted by Crippen LogP contribution is 2.63. The molecule has 5 nitrogen and oxygen atoms in total. The summed E-state index contributed by atoms with van der Waals surface area (Å²) in [5.74, 6) is -0.993. The van der Waals surface area contributed by atoms with Crippen LogP contribution in [0.4, 0.5) is 0 Å². The summed E-state index contributed by atoms with van der Waals surface area (Å²) < 4.78 is 1.93. The Balaban J connectivity index is 1.79. The molecule has 0 aromatic carbocycles. The molecule has 112 valence electrons. The quantitative estimate of drug-likeness (QED) is 0.625. The summed E-state index contributed by atoms with van der Waals surface area (Å²) in [6.45, 7) is 7.52. The minimum Gasteiger partial charge on any atom is -0.351 e. The number of carbonyl (C=O) groups excluding carboxylic acids is 3. The normalized spacial score (nSPS) is 26.2. The molecule has 1 aromatic heterocycles. The van der Waals surface area contributed by atoms with Crippen molar-refractivity contribution in [2.24, 2.45) is 24.3 Å². The Hall–Kier alpha value is -1.91. The van der Waals surface area contributed by atoms with Gasteiger partial charge in [-0.05, 0) is 25.3 Å². The zero-order valence-corrected chi connectivity index (χ0v) is 13.1. The van der Waals surface area contributed by atoms with Crippen LogP contribution in [0.25, 0.3) is 0 Å². The van der Waals surface area contributed by atoms with Crippen LogP contribution in [0.2, 0.25) is 0 Å². The van der Waals surface area contributed by atoms with E-state index in [1.54, 1.807) is 0 Å². The topological polar surface area (TPSA) is 59.4 Å². The van der Waals surface area contributed by atoms with Gasteiger partial charge in [-0.1, -0.05) is 13.8 Å². The number of ketones is 1. The average Bonchev–Trinajstić information content (AvgIpc) is 2.76. The summed E-state index contributed by atoms with van der Waals surface area (Å²) >= 11 is 0. The highest BCUT2D eigenvalue weighted by Gasteiger charge is 2.72. The van der Waals surface area contributed by atoms with Gasteiger partial charge in [0, 0.05) is 24.0 Å². The van der Waals surface area contributed by atoms with Crippen molar-refractivity contribution in [1.29, 1.82) is 0 Å². The van der Waals surface area contributed by atoms with E-state index in [0.29, 0.717) is 5.56 Å². The third-order valence-corrected chi connectivity index (χ3v) is 5.27. The second-order valence-electron chi connectivity index (χ2n) is 6.81. The van der Waals surface area contributed by atoms with Gasteiger partial charge in [-0.25, -0.2) is 0 Å². The number of likely N-dealkylation sites (tertiary alicyclic amines) is 1. The number of amides is 2. The first-order chi connectivity index (χ1) is 9.67. The first-order valence-corrected chi connectivity index (χ1v) is 7.19. The molecule has 2 aliphatic rings. The standard InChI is InChI=1S/C16H20N2O3/c1-8-6-10(9(2)17(8)5)11(19)7-18-14(20)12-13(15(18)21)16(12,3)4/h6,12-13H,7H2,1-5H3. The van der Waals surface area contributed by atoms with Crippen molar-refractivity contribution in [3.8, 4) is 0 Å². The first kappa shape index (κ1) is 14.0. The Morgan fingerprint density at radius 2 is 1.71 bits per heavy atom. The van der Waals surface area contributed by atoms with Gasteiger partial charge in [0.25, 0.3) is 0 Å². The fourth-order valence-corrected chi connectivity index (χ4v) is 3.53. The zero-order chi connectivity index (χ0) is 15.7. The maximum Gasteiger partial charge on any atom is 0.234 e. The highest BCUT2D eigenvalue weighted by atomic mass is 16.2. The summed E-state index contributed by atoms with van der Waals surface area (Å²) in [4.78, 5) is 38.0. The third-order valence-electron chi connectivity index (χ3n) is 5.27. The van der Waals surface area contributed by atoms with Gasteiger partial charge in [-0.2, -0.15) is 0 Å². The molecule has 1 aromatic rings. The monoisotopic (exact) mass is 288 g/mol. The number of hydrogen-bond acceptors (Lipinski definition) is 3. The van der Waals surface area contributed by atoms with Gasteiger partial charge in [0.05, 0.1) is 18.4 Å². The molecule has 0 radical (unpaired) electrons. The lowest BCUT2D eigenvalue weighted by atomic mass is 10.0. The molecule has 2 atom stereocenters. The first-order valence-electron chi connectivity index (χ1n) is 7.19. The molecule has 0 bridgehead atoms. The molecule has 2 fully saturated rings. The number of Topliss-reactive ketones (excluding diaryl/α,β-unsaturated/α-hetero) is 1. The Labute approximate surface area is 123 Å². The number of hydrogen-bond donors (Lipinski definition) is 0. The van der Waals surface area contributed by atoms with E-state index in [1.165, 1.54) is 0 Å². The molecule has 1 saturated heterocycles. The molecule has 21 heavy (non-hydrogen) atoms. The number of rotatable bonds is 3. The molecule has 3 rings (SSSR count). The van der Waals surface area contributed by atoms with Crippen molar-refractivity contribution in [3.63, 3.8) is 0 Å². The minimum atomic E-state index is -0.229. The van der Waals surface area contributed by atoms with E-state index in [1.807, 2.05) is 45.4 Å². The lowest BCUT2D eigenvalue weighted by molar-refractivity contribution is -0.142. The highest BCUT2D eigenvalue weighted by molar-refractivity contribution is 6.13. The van der Waals surface area contributed by atoms with Crippen molar-refractivity contribution in [2.45, 2.75) is 27.7 Å². The van der Waals surface area contributed by atoms with Crippen LogP contribution >= 0.6 is 0 Å². The SMILES string of the molecule is Cc1cc(C(=O)CN2C(=O)C3C(C2=O)C3(C)C)c(C)n1C. The Morgan fingerprint density at radius 1 is 1.19 bits per heavy atom. The van der Waals surface area contributed by atoms with Gasteiger partial charge in [-0.3, -0.25) is 19.3 Å². The molecular formula is C16H20N2O3. The van der Waals surface area contributed by atoms with E-state index in [-0.39, 0.29) is 41.4 Å². The van der Waals surface area contributed by atoms with Crippen LogP contribution in [0, 0.1) is 31.1 Å². The van der Waals surface area contributed by atoms with Crippen LogP contribution in [0.1, 0.15) is 35.6 Å². The van der Waals surface area contributed by atoms with Gasteiger partial charge < -0.3 is 4.57 Å². The van der Waals surface area contributed by atoms with Crippen molar-refractivity contribution in [3.05, 3.63) is 23.0 Å². The van der Waals surface area contributed by atoms with Crippen molar-refractivity contribution in [1.82, 2.24) is 9.47 Å². The van der Waals surface area contributed by atoms with Gasteiger partial charge in [0.2, 0.25) is 11.8 Å². The smallest absolute Gasteiger partial charge is 0.234 e. The number of piperidine rings is 1. The van der Waals surface area contributed by atoms with E-state index < -0.39 is 0 Å². The summed E-state index contributed by atoms with van der Waals surface area (Å²) in [5.41, 5.74) is 2.21. The number of aryl methyl sites for hydroxylation is 1. The van der Waals surface area contributed by atoms with E-state index in [4.69, 9.17) is 0 Å². The van der Waals surface area contributed by atoms with E-state index in [0.717, 1.165) is 16.3 Å². The number of carbonyl (C=O) groups is 3. The average molecular weight is 288 g/mol. The third kappa shape index (κ3) is 1.73. The van der Waals surface area contributed by atoms with Crippen LogP contribution in [-0.2, 0) is 16.6 Å². The maximum absolute atomic E-state index is 12.4. The molecule has 0 N–H and O–H groups in total. The van der Waals surface area contributed by atoms with Gasteiger partial charge >= 0.3 is 0 Å². The van der Waals surface area contributed by atoms with Crippen molar-refractivity contribution >= 4 is 17.6 Å². The number of nitrogens with zero attached hydrogens (tertiary/aromatic N) is 2. The summed E-state index contributed by atoms with van der Waals surface area (Å²) in [7, 11) is 1.89.